The maximum Gasteiger partial charge on any atom is 0.307 e. The van der Waals surface area contributed by atoms with E-state index in [4.69, 9.17) is 0 Å². The van der Waals surface area contributed by atoms with Crippen molar-refractivity contribution in [3.05, 3.63) is 34.4 Å². The number of carbonyl (C=O) groups is 2. The molecule has 1 aromatic rings. The van der Waals surface area contributed by atoms with Crippen molar-refractivity contribution in [3.63, 3.8) is 0 Å². The van der Waals surface area contributed by atoms with Crippen LogP contribution in [0.1, 0.15) is 19.3 Å². The molecule has 1 aromatic carbocycles. The zero-order valence-corrected chi connectivity index (χ0v) is 12.3. The molecule has 8 heteroatoms. The highest BCUT2D eigenvalue weighted by Crippen LogP contribution is 2.15. The predicted octanol–water partition coefficient (Wildman–Crippen LogP) is 1.47. The maximum atomic E-state index is 11.5. The summed E-state index contributed by atoms with van der Waals surface area (Å²) in [7, 11) is 1.30. The Kier molecular flexibility index (Phi) is 7.38. The van der Waals surface area contributed by atoms with E-state index in [0.717, 1.165) is 5.69 Å². The van der Waals surface area contributed by atoms with E-state index < -0.39 is 4.92 Å². The van der Waals surface area contributed by atoms with Crippen LogP contribution in [0.4, 0.5) is 11.4 Å². The van der Waals surface area contributed by atoms with Crippen molar-refractivity contribution in [1.29, 1.82) is 0 Å². The van der Waals surface area contributed by atoms with Gasteiger partial charge in [0.1, 0.15) is 0 Å². The molecule has 0 radical (unpaired) electrons. The number of ether oxygens (including phenoxy) is 1. The summed E-state index contributed by atoms with van der Waals surface area (Å²) >= 11 is 0. The summed E-state index contributed by atoms with van der Waals surface area (Å²) in [4.78, 5) is 32.4. The van der Waals surface area contributed by atoms with Gasteiger partial charge in [-0.05, 0) is 18.6 Å². The molecule has 1 rings (SSSR count). The third-order valence-corrected chi connectivity index (χ3v) is 2.87. The van der Waals surface area contributed by atoms with Gasteiger partial charge in [0, 0.05) is 37.3 Å². The largest absolute Gasteiger partial charge is 0.469 e. The van der Waals surface area contributed by atoms with Crippen LogP contribution in [0.5, 0.6) is 0 Å². The van der Waals surface area contributed by atoms with Crippen molar-refractivity contribution in [3.8, 4) is 0 Å². The number of anilines is 1. The lowest BCUT2D eigenvalue weighted by Gasteiger charge is -2.07. The molecule has 22 heavy (non-hydrogen) atoms. The van der Waals surface area contributed by atoms with Gasteiger partial charge in [0.2, 0.25) is 5.91 Å². The lowest BCUT2D eigenvalue weighted by Crippen LogP contribution is -2.26. The average Bonchev–Trinajstić information content (AvgIpc) is 2.51. The van der Waals surface area contributed by atoms with Crippen LogP contribution in [0.3, 0.4) is 0 Å². The van der Waals surface area contributed by atoms with Gasteiger partial charge in [-0.3, -0.25) is 19.7 Å². The third kappa shape index (κ3) is 6.69. The number of hydrogen-bond donors (Lipinski definition) is 2. The maximum absolute atomic E-state index is 11.5. The van der Waals surface area contributed by atoms with Crippen LogP contribution >= 0.6 is 0 Å². The highest BCUT2D eigenvalue weighted by atomic mass is 16.6. The lowest BCUT2D eigenvalue weighted by molar-refractivity contribution is -0.384. The second-order valence-electron chi connectivity index (χ2n) is 4.51. The zero-order chi connectivity index (χ0) is 16.4. The molecule has 0 aromatic heterocycles. The number of methoxy groups -OCH3 is 1. The van der Waals surface area contributed by atoms with Crippen LogP contribution in [-0.2, 0) is 14.3 Å². The Morgan fingerprint density at radius 2 is 1.86 bits per heavy atom. The third-order valence-electron chi connectivity index (χ3n) is 2.87. The van der Waals surface area contributed by atoms with Gasteiger partial charge in [-0.25, -0.2) is 0 Å². The van der Waals surface area contributed by atoms with Crippen molar-refractivity contribution >= 4 is 23.3 Å². The number of nitro benzene ring substituents is 1. The van der Waals surface area contributed by atoms with Crippen molar-refractivity contribution in [2.75, 3.05) is 25.5 Å². The number of hydrogen-bond acceptors (Lipinski definition) is 6. The minimum atomic E-state index is -0.456. The van der Waals surface area contributed by atoms with Gasteiger partial charge in [0.05, 0.1) is 18.5 Å². The van der Waals surface area contributed by atoms with Gasteiger partial charge in [-0.1, -0.05) is 0 Å². The molecule has 0 saturated heterocycles. The van der Waals surface area contributed by atoms with E-state index in [0.29, 0.717) is 19.4 Å². The van der Waals surface area contributed by atoms with E-state index in [-0.39, 0.29) is 30.5 Å². The van der Waals surface area contributed by atoms with Crippen LogP contribution in [0.15, 0.2) is 24.3 Å². The monoisotopic (exact) mass is 309 g/mol. The fraction of sp³-hybridized carbons (Fsp3) is 0.429. The molecule has 0 saturated carbocycles. The highest BCUT2D eigenvalue weighted by Gasteiger charge is 2.05. The standard InChI is InChI=1S/C14H19N3O5/c1-22-14(19)8-10-16-13(18)3-2-9-15-11-4-6-12(7-5-11)17(20)21/h4-7,15H,2-3,8-10H2,1H3,(H,16,18). The molecule has 0 heterocycles. The first-order valence-corrected chi connectivity index (χ1v) is 6.84. The number of amides is 1. The van der Waals surface area contributed by atoms with Crippen LogP contribution < -0.4 is 10.6 Å². The molecule has 1 amide bonds. The first-order valence-electron chi connectivity index (χ1n) is 6.84. The number of non-ortho nitro benzene ring substituents is 1. The van der Waals surface area contributed by atoms with Crippen molar-refractivity contribution in [2.24, 2.45) is 0 Å². The molecule has 0 fully saturated rings. The average molecular weight is 309 g/mol. The van der Waals surface area contributed by atoms with Gasteiger partial charge >= 0.3 is 5.97 Å². The molecule has 2 N–H and O–H groups in total. The molecule has 8 nitrogen and oxygen atoms in total. The number of nitrogens with one attached hydrogen (secondary N) is 2. The first-order chi connectivity index (χ1) is 10.5. The van der Waals surface area contributed by atoms with Gasteiger partial charge in [-0.15, -0.1) is 0 Å². The summed E-state index contributed by atoms with van der Waals surface area (Å²) < 4.78 is 4.46. The fourth-order valence-corrected chi connectivity index (χ4v) is 1.68. The van der Waals surface area contributed by atoms with Gasteiger partial charge in [-0.2, -0.15) is 0 Å². The Hall–Kier alpha value is -2.64. The first kappa shape index (κ1) is 17.4. The normalized spacial score (nSPS) is 9.86. The highest BCUT2D eigenvalue weighted by molar-refractivity contribution is 5.77. The lowest BCUT2D eigenvalue weighted by atomic mass is 10.2. The molecule has 0 unspecified atom stereocenters. The smallest absolute Gasteiger partial charge is 0.307 e. The summed E-state index contributed by atoms with van der Waals surface area (Å²) in [6.07, 6.45) is 1.10. The molecule has 0 aliphatic heterocycles. The Bertz CT molecular complexity index is 516. The van der Waals surface area contributed by atoms with E-state index in [9.17, 15) is 19.7 Å². The molecule has 0 atom stereocenters. The van der Waals surface area contributed by atoms with Crippen LogP contribution in [0, 0.1) is 10.1 Å². The Labute approximate surface area is 128 Å². The van der Waals surface area contributed by atoms with E-state index in [1.165, 1.54) is 19.2 Å². The topological polar surface area (TPSA) is 111 Å². The summed E-state index contributed by atoms with van der Waals surface area (Å²) in [5, 5.41) is 16.2. The number of carbonyl (C=O) groups excluding carboxylic acids is 2. The Morgan fingerprint density at radius 3 is 2.45 bits per heavy atom. The second-order valence-corrected chi connectivity index (χ2v) is 4.51. The molecule has 0 bridgehead atoms. The summed E-state index contributed by atoms with van der Waals surface area (Å²) in [6, 6.07) is 6.08. The fourth-order valence-electron chi connectivity index (χ4n) is 1.68. The minimum absolute atomic E-state index is 0.0375. The van der Waals surface area contributed by atoms with Gasteiger partial charge in [0.15, 0.2) is 0 Å². The van der Waals surface area contributed by atoms with Crippen molar-refractivity contribution < 1.29 is 19.2 Å². The van der Waals surface area contributed by atoms with E-state index in [1.54, 1.807) is 12.1 Å². The van der Waals surface area contributed by atoms with E-state index in [1.807, 2.05) is 0 Å². The molecular weight excluding hydrogens is 290 g/mol. The van der Waals surface area contributed by atoms with Gasteiger partial charge in [0.25, 0.3) is 5.69 Å². The number of rotatable bonds is 9. The van der Waals surface area contributed by atoms with E-state index in [2.05, 4.69) is 15.4 Å². The van der Waals surface area contributed by atoms with E-state index >= 15 is 0 Å². The minimum Gasteiger partial charge on any atom is -0.469 e. The quantitative estimate of drug-likeness (QED) is 0.309. The molecule has 120 valence electrons. The number of nitrogens with zero attached hydrogens (tertiary/aromatic N) is 1. The van der Waals surface area contributed by atoms with Crippen LogP contribution in [-0.4, -0.2) is 37.0 Å². The van der Waals surface area contributed by atoms with Crippen molar-refractivity contribution in [1.82, 2.24) is 5.32 Å². The number of nitro groups is 1. The SMILES string of the molecule is COC(=O)CCNC(=O)CCCNc1ccc([N+](=O)[O-])cc1. The van der Waals surface area contributed by atoms with Crippen molar-refractivity contribution in [2.45, 2.75) is 19.3 Å². The molecular formula is C14H19N3O5. The molecule has 0 spiro atoms. The molecule has 0 aliphatic rings. The summed E-state index contributed by atoms with van der Waals surface area (Å²) in [5.74, 6) is -0.491. The van der Waals surface area contributed by atoms with Crippen LogP contribution in [0.2, 0.25) is 0 Å². The second kappa shape index (κ2) is 9.32. The Morgan fingerprint density at radius 1 is 1.18 bits per heavy atom. The van der Waals surface area contributed by atoms with Gasteiger partial charge < -0.3 is 15.4 Å². The number of benzene rings is 1. The van der Waals surface area contributed by atoms with Crippen LogP contribution in [0.25, 0.3) is 0 Å². The summed E-state index contributed by atoms with van der Waals surface area (Å²) in [6.45, 7) is 0.837. The molecule has 0 aliphatic carbocycles. The zero-order valence-electron chi connectivity index (χ0n) is 12.3. The Balaban J connectivity index is 2.15. The predicted molar refractivity (Wildman–Crippen MR) is 80.5 cm³/mol. The summed E-state index contributed by atoms with van der Waals surface area (Å²) in [5.41, 5.74) is 0.798. The number of esters is 1.